The van der Waals surface area contributed by atoms with E-state index in [1.54, 1.807) is 0 Å². The van der Waals surface area contributed by atoms with Crippen LogP contribution in [0.25, 0.3) is 0 Å². The molecule has 1 aliphatic heterocycles. The quantitative estimate of drug-likeness (QED) is 0.633. The van der Waals surface area contributed by atoms with E-state index in [0.29, 0.717) is 6.04 Å². The normalized spacial score (nSPS) is 34.2. The second-order valence-corrected chi connectivity index (χ2v) is 4.29. The molecule has 2 aliphatic rings. The Morgan fingerprint density at radius 1 is 1.25 bits per heavy atom. The minimum absolute atomic E-state index is 0.708. The summed E-state index contributed by atoms with van der Waals surface area (Å²) in [6, 6.07) is 1.63. The van der Waals surface area contributed by atoms with E-state index in [1.165, 1.54) is 45.3 Å². The first-order valence-corrected chi connectivity index (χ1v) is 5.33. The molecule has 1 saturated carbocycles. The predicted molar refractivity (Wildman–Crippen MR) is 51.3 cm³/mol. The van der Waals surface area contributed by atoms with E-state index < -0.39 is 0 Å². The topological polar surface area (TPSA) is 15.3 Å². The van der Waals surface area contributed by atoms with Crippen molar-refractivity contribution in [2.24, 2.45) is 0 Å². The summed E-state index contributed by atoms with van der Waals surface area (Å²) >= 11 is 0. The minimum atomic E-state index is 0.708. The third-order valence-electron chi connectivity index (χ3n) is 3.24. The standard InChI is InChI=1S/C10H20N2/c1-9-8-12(7-6-11-9)10-4-2-3-5-10/h9-11H,2-8H2,1H3/t9-/m0/s1. The van der Waals surface area contributed by atoms with Gasteiger partial charge in [-0.2, -0.15) is 0 Å². The van der Waals surface area contributed by atoms with Gasteiger partial charge in [0.1, 0.15) is 0 Å². The second kappa shape index (κ2) is 3.75. The van der Waals surface area contributed by atoms with Gasteiger partial charge in [-0.3, -0.25) is 4.90 Å². The second-order valence-electron chi connectivity index (χ2n) is 4.29. The smallest absolute Gasteiger partial charge is 0.0167 e. The van der Waals surface area contributed by atoms with Gasteiger partial charge in [0.05, 0.1) is 0 Å². The number of rotatable bonds is 1. The van der Waals surface area contributed by atoms with E-state index >= 15 is 0 Å². The third-order valence-corrected chi connectivity index (χ3v) is 3.24. The molecule has 2 heteroatoms. The summed E-state index contributed by atoms with van der Waals surface area (Å²) in [4.78, 5) is 2.69. The zero-order chi connectivity index (χ0) is 8.39. The van der Waals surface area contributed by atoms with E-state index in [0.717, 1.165) is 6.04 Å². The molecular weight excluding hydrogens is 148 g/mol. The summed E-state index contributed by atoms with van der Waals surface area (Å²) in [5, 5.41) is 3.49. The van der Waals surface area contributed by atoms with Crippen LogP contribution in [0.5, 0.6) is 0 Å². The number of nitrogens with zero attached hydrogens (tertiary/aromatic N) is 1. The van der Waals surface area contributed by atoms with Gasteiger partial charge in [-0.05, 0) is 19.8 Å². The molecule has 2 rings (SSSR count). The molecule has 0 aromatic rings. The van der Waals surface area contributed by atoms with E-state index in [1.807, 2.05) is 0 Å². The van der Waals surface area contributed by atoms with Crippen molar-refractivity contribution < 1.29 is 0 Å². The Hall–Kier alpha value is -0.0800. The van der Waals surface area contributed by atoms with Crippen LogP contribution < -0.4 is 5.32 Å². The molecule has 12 heavy (non-hydrogen) atoms. The first-order valence-electron chi connectivity index (χ1n) is 5.33. The summed E-state index contributed by atoms with van der Waals surface area (Å²) in [6.07, 6.45) is 5.82. The molecule has 2 fully saturated rings. The molecule has 2 nitrogen and oxygen atoms in total. The summed E-state index contributed by atoms with van der Waals surface area (Å²) in [6.45, 7) is 6.03. The van der Waals surface area contributed by atoms with Crippen LogP contribution in [0, 0.1) is 0 Å². The lowest BCUT2D eigenvalue weighted by atomic mass is 10.1. The fraction of sp³-hybridized carbons (Fsp3) is 1.00. The molecule has 1 aliphatic carbocycles. The van der Waals surface area contributed by atoms with Gasteiger partial charge in [0, 0.05) is 31.7 Å². The average Bonchev–Trinajstić information content (AvgIpc) is 2.56. The van der Waals surface area contributed by atoms with Crippen LogP contribution in [-0.4, -0.2) is 36.6 Å². The lowest BCUT2D eigenvalue weighted by Gasteiger charge is -2.36. The van der Waals surface area contributed by atoms with E-state index in [-0.39, 0.29) is 0 Å². The summed E-state index contributed by atoms with van der Waals surface area (Å²) in [7, 11) is 0. The fourth-order valence-electron chi connectivity index (χ4n) is 2.56. The molecule has 0 bridgehead atoms. The van der Waals surface area contributed by atoms with Gasteiger partial charge in [-0.25, -0.2) is 0 Å². The lowest BCUT2D eigenvalue weighted by Crippen LogP contribution is -2.52. The van der Waals surface area contributed by atoms with Gasteiger partial charge in [0.25, 0.3) is 0 Å². The van der Waals surface area contributed by atoms with E-state index in [9.17, 15) is 0 Å². The van der Waals surface area contributed by atoms with Crippen LogP contribution in [0.15, 0.2) is 0 Å². The van der Waals surface area contributed by atoms with Crippen molar-refractivity contribution in [3.05, 3.63) is 0 Å². The van der Waals surface area contributed by atoms with Crippen molar-refractivity contribution in [2.75, 3.05) is 19.6 Å². The highest BCUT2D eigenvalue weighted by atomic mass is 15.2. The van der Waals surface area contributed by atoms with Crippen molar-refractivity contribution in [1.29, 1.82) is 0 Å². The van der Waals surface area contributed by atoms with Crippen LogP contribution in [0.4, 0.5) is 0 Å². The molecule has 0 unspecified atom stereocenters. The maximum atomic E-state index is 3.49. The van der Waals surface area contributed by atoms with Gasteiger partial charge >= 0.3 is 0 Å². The molecule has 1 N–H and O–H groups in total. The summed E-state index contributed by atoms with van der Waals surface area (Å²) in [5.74, 6) is 0. The Bertz CT molecular complexity index is 141. The molecule has 0 spiro atoms. The molecule has 0 aromatic heterocycles. The molecule has 0 amide bonds. The van der Waals surface area contributed by atoms with E-state index in [2.05, 4.69) is 17.1 Å². The van der Waals surface area contributed by atoms with Crippen LogP contribution in [0.1, 0.15) is 32.6 Å². The summed E-state index contributed by atoms with van der Waals surface area (Å²) < 4.78 is 0. The van der Waals surface area contributed by atoms with Gasteiger partial charge in [-0.1, -0.05) is 12.8 Å². The highest BCUT2D eigenvalue weighted by Gasteiger charge is 2.25. The molecule has 1 heterocycles. The van der Waals surface area contributed by atoms with Crippen LogP contribution in [0.2, 0.25) is 0 Å². The van der Waals surface area contributed by atoms with Crippen molar-refractivity contribution in [3.8, 4) is 0 Å². The number of hydrogen-bond acceptors (Lipinski definition) is 2. The van der Waals surface area contributed by atoms with Crippen molar-refractivity contribution in [1.82, 2.24) is 10.2 Å². The Labute approximate surface area is 75.3 Å². The van der Waals surface area contributed by atoms with Crippen LogP contribution in [-0.2, 0) is 0 Å². The van der Waals surface area contributed by atoms with Gasteiger partial charge in [-0.15, -0.1) is 0 Å². The minimum Gasteiger partial charge on any atom is -0.312 e. The molecule has 0 aromatic carbocycles. The molecular formula is C10H20N2. The number of piperazine rings is 1. The van der Waals surface area contributed by atoms with Crippen molar-refractivity contribution in [2.45, 2.75) is 44.7 Å². The van der Waals surface area contributed by atoms with Crippen LogP contribution in [0.3, 0.4) is 0 Å². The van der Waals surface area contributed by atoms with Gasteiger partial charge < -0.3 is 5.32 Å². The van der Waals surface area contributed by atoms with Crippen LogP contribution >= 0.6 is 0 Å². The number of hydrogen-bond donors (Lipinski definition) is 1. The Morgan fingerprint density at radius 3 is 2.67 bits per heavy atom. The molecule has 0 radical (unpaired) electrons. The highest BCUT2D eigenvalue weighted by molar-refractivity contribution is 4.83. The highest BCUT2D eigenvalue weighted by Crippen LogP contribution is 2.23. The van der Waals surface area contributed by atoms with E-state index in [4.69, 9.17) is 0 Å². The Kier molecular flexibility index (Phi) is 2.66. The zero-order valence-corrected chi connectivity index (χ0v) is 8.05. The largest absolute Gasteiger partial charge is 0.312 e. The lowest BCUT2D eigenvalue weighted by molar-refractivity contribution is 0.150. The van der Waals surface area contributed by atoms with Crippen molar-refractivity contribution >= 4 is 0 Å². The third kappa shape index (κ3) is 1.80. The summed E-state index contributed by atoms with van der Waals surface area (Å²) in [5.41, 5.74) is 0. The van der Waals surface area contributed by atoms with Gasteiger partial charge in [0.2, 0.25) is 0 Å². The molecule has 1 atom stereocenters. The zero-order valence-electron chi connectivity index (χ0n) is 8.05. The molecule has 70 valence electrons. The molecule has 1 saturated heterocycles. The fourth-order valence-corrected chi connectivity index (χ4v) is 2.56. The predicted octanol–water partition coefficient (Wildman–Crippen LogP) is 1.22. The van der Waals surface area contributed by atoms with Gasteiger partial charge in [0.15, 0.2) is 0 Å². The monoisotopic (exact) mass is 168 g/mol. The maximum absolute atomic E-state index is 3.49. The Balaban J connectivity index is 1.85. The maximum Gasteiger partial charge on any atom is 0.0167 e. The first kappa shape index (κ1) is 8.52. The van der Waals surface area contributed by atoms with Crippen molar-refractivity contribution in [3.63, 3.8) is 0 Å². The first-order chi connectivity index (χ1) is 5.86. The Morgan fingerprint density at radius 2 is 2.00 bits per heavy atom. The average molecular weight is 168 g/mol. The number of nitrogens with one attached hydrogen (secondary N) is 1. The SMILES string of the molecule is C[C@H]1CN(C2CCCC2)CCN1.